The highest BCUT2D eigenvalue weighted by molar-refractivity contribution is 7.99. The van der Waals surface area contributed by atoms with Gasteiger partial charge in [-0.3, -0.25) is 9.36 Å². The second-order valence-electron chi connectivity index (χ2n) is 4.48. The SMILES string of the molecule is CC=Cn1c(=O)c(Sc2ccccc2)nc2ccccc21. The van der Waals surface area contributed by atoms with Gasteiger partial charge >= 0.3 is 0 Å². The second kappa shape index (κ2) is 5.97. The number of hydrogen-bond acceptors (Lipinski definition) is 3. The predicted octanol–water partition coefficient (Wildman–Crippen LogP) is 4.04. The number of allylic oxidation sites excluding steroid dienone is 1. The number of aromatic nitrogens is 2. The van der Waals surface area contributed by atoms with Gasteiger partial charge in [0.15, 0.2) is 5.03 Å². The summed E-state index contributed by atoms with van der Waals surface area (Å²) in [5.41, 5.74) is 1.53. The molecule has 0 amide bonds. The molecule has 0 bridgehead atoms. The molecule has 0 spiro atoms. The highest BCUT2D eigenvalue weighted by Gasteiger charge is 2.10. The molecule has 0 aliphatic heterocycles. The van der Waals surface area contributed by atoms with Crippen LogP contribution in [0.4, 0.5) is 0 Å². The lowest BCUT2D eigenvalue weighted by Crippen LogP contribution is -2.19. The van der Waals surface area contributed by atoms with Gasteiger partial charge in [-0.2, -0.15) is 0 Å². The van der Waals surface area contributed by atoms with E-state index < -0.39 is 0 Å². The van der Waals surface area contributed by atoms with Crippen LogP contribution in [0.1, 0.15) is 6.92 Å². The van der Waals surface area contributed by atoms with Crippen molar-refractivity contribution < 1.29 is 0 Å². The summed E-state index contributed by atoms with van der Waals surface area (Å²) in [6, 6.07) is 17.5. The van der Waals surface area contributed by atoms with Crippen LogP contribution in [0.2, 0.25) is 0 Å². The molecule has 1 aromatic heterocycles. The third kappa shape index (κ3) is 2.76. The number of fused-ring (bicyclic) bond motifs is 1. The minimum absolute atomic E-state index is 0.0966. The molecule has 0 atom stereocenters. The molecule has 0 radical (unpaired) electrons. The Morgan fingerprint density at radius 3 is 2.52 bits per heavy atom. The molecular weight excluding hydrogens is 280 g/mol. The maximum Gasteiger partial charge on any atom is 0.287 e. The molecule has 2 aromatic carbocycles. The fourth-order valence-electron chi connectivity index (χ4n) is 2.10. The van der Waals surface area contributed by atoms with Crippen molar-refractivity contribution in [2.45, 2.75) is 16.8 Å². The molecule has 1 heterocycles. The summed E-state index contributed by atoms with van der Waals surface area (Å²) >= 11 is 1.39. The van der Waals surface area contributed by atoms with Crippen LogP contribution in [0, 0.1) is 0 Å². The molecule has 3 aromatic rings. The highest BCUT2D eigenvalue weighted by atomic mass is 32.2. The first-order valence-electron chi connectivity index (χ1n) is 6.66. The van der Waals surface area contributed by atoms with Gasteiger partial charge in [0, 0.05) is 11.1 Å². The number of nitrogens with zero attached hydrogens (tertiary/aromatic N) is 2. The number of para-hydroxylation sites is 2. The maximum absolute atomic E-state index is 12.6. The van der Waals surface area contributed by atoms with Crippen molar-refractivity contribution in [2.24, 2.45) is 0 Å². The Morgan fingerprint density at radius 2 is 1.76 bits per heavy atom. The van der Waals surface area contributed by atoms with Crippen molar-refractivity contribution in [1.29, 1.82) is 0 Å². The van der Waals surface area contributed by atoms with Gasteiger partial charge in [-0.15, -0.1) is 0 Å². The normalized spacial score (nSPS) is 11.3. The quantitative estimate of drug-likeness (QED) is 0.731. The molecule has 104 valence electrons. The molecule has 0 saturated carbocycles. The van der Waals surface area contributed by atoms with Crippen molar-refractivity contribution in [3.05, 3.63) is 71.0 Å². The smallest absolute Gasteiger partial charge is 0.280 e. The van der Waals surface area contributed by atoms with E-state index in [0.717, 1.165) is 15.9 Å². The zero-order valence-electron chi connectivity index (χ0n) is 11.6. The summed E-state index contributed by atoms with van der Waals surface area (Å²) in [7, 11) is 0. The number of benzene rings is 2. The molecule has 21 heavy (non-hydrogen) atoms. The van der Waals surface area contributed by atoms with Gasteiger partial charge in [0.1, 0.15) is 0 Å². The van der Waals surface area contributed by atoms with Crippen LogP contribution >= 0.6 is 11.8 Å². The van der Waals surface area contributed by atoms with E-state index in [1.807, 2.05) is 67.6 Å². The Kier molecular flexibility index (Phi) is 3.88. The van der Waals surface area contributed by atoms with Crippen molar-refractivity contribution in [1.82, 2.24) is 9.55 Å². The average molecular weight is 294 g/mol. The van der Waals surface area contributed by atoms with Crippen molar-refractivity contribution >= 4 is 29.0 Å². The van der Waals surface area contributed by atoms with E-state index >= 15 is 0 Å². The van der Waals surface area contributed by atoms with Crippen LogP contribution in [0.15, 0.2) is 75.4 Å². The highest BCUT2D eigenvalue weighted by Crippen LogP contribution is 2.24. The van der Waals surface area contributed by atoms with E-state index in [9.17, 15) is 4.79 Å². The lowest BCUT2D eigenvalue weighted by molar-refractivity contribution is 0.975. The van der Waals surface area contributed by atoms with Crippen LogP contribution in [0.5, 0.6) is 0 Å². The first-order chi connectivity index (χ1) is 10.3. The molecule has 0 unspecified atom stereocenters. The van der Waals surface area contributed by atoms with Crippen LogP contribution in [0.3, 0.4) is 0 Å². The summed E-state index contributed by atoms with van der Waals surface area (Å²) in [4.78, 5) is 18.1. The van der Waals surface area contributed by atoms with Gasteiger partial charge < -0.3 is 0 Å². The topological polar surface area (TPSA) is 34.9 Å². The monoisotopic (exact) mass is 294 g/mol. The molecule has 0 N–H and O–H groups in total. The fourth-order valence-corrected chi connectivity index (χ4v) is 2.94. The molecule has 0 aliphatic rings. The summed E-state index contributed by atoms with van der Waals surface area (Å²) in [5.74, 6) is 0. The summed E-state index contributed by atoms with van der Waals surface area (Å²) in [6.45, 7) is 1.89. The van der Waals surface area contributed by atoms with Gasteiger partial charge in [0.25, 0.3) is 5.56 Å². The molecule has 0 saturated heterocycles. The van der Waals surface area contributed by atoms with Gasteiger partial charge in [0.05, 0.1) is 11.0 Å². The zero-order valence-corrected chi connectivity index (χ0v) is 12.4. The Labute approximate surface area is 127 Å². The van der Waals surface area contributed by atoms with Crippen molar-refractivity contribution in [3.8, 4) is 0 Å². The average Bonchev–Trinajstić information content (AvgIpc) is 2.52. The molecule has 0 fully saturated rings. The second-order valence-corrected chi connectivity index (χ2v) is 5.54. The van der Waals surface area contributed by atoms with E-state index in [4.69, 9.17) is 0 Å². The van der Waals surface area contributed by atoms with Gasteiger partial charge in [-0.05, 0) is 31.2 Å². The number of rotatable bonds is 3. The summed E-state index contributed by atoms with van der Waals surface area (Å²) in [6.07, 6.45) is 3.63. The third-order valence-corrected chi connectivity index (χ3v) is 3.99. The van der Waals surface area contributed by atoms with E-state index in [0.29, 0.717) is 5.03 Å². The van der Waals surface area contributed by atoms with E-state index in [1.165, 1.54) is 11.8 Å². The first kappa shape index (κ1) is 13.6. The summed E-state index contributed by atoms with van der Waals surface area (Å²) in [5, 5.41) is 0.484. The lowest BCUT2D eigenvalue weighted by Gasteiger charge is -2.08. The maximum atomic E-state index is 12.6. The Morgan fingerprint density at radius 1 is 1.05 bits per heavy atom. The Balaban J connectivity index is 2.19. The molecular formula is C17H14N2OS. The predicted molar refractivity (Wildman–Crippen MR) is 87.6 cm³/mol. The molecule has 3 rings (SSSR count). The van der Waals surface area contributed by atoms with E-state index in [1.54, 1.807) is 10.8 Å². The van der Waals surface area contributed by atoms with Crippen LogP contribution in [-0.2, 0) is 0 Å². The zero-order chi connectivity index (χ0) is 14.7. The first-order valence-corrected chi connectivity index (χ1v) is 7.48. The van der Waals surface area contributed by atoms with Crippen LogP contribution in [0.25, 0.3) is 17.2 Å². The lowest BCUT2D eigenvalue weighted by atomic mass is 10.3. The van der Waals surface area contributed by atoms with Crippen LogP contribution in [-0.4, -0.2) is 9.55 Å². The van der Waals surface area contributed by atoms with Gasteiger partial charge in [0.2, 0.25) is 0 Å². The minimum Gasteiger partial charge on any atom is -0.280 e. The molecule has 0 aliphatic carbocycles. The van der Waals surface area contributed by atoms with Crippen molar-refractivity contribution in [3.63, 3.8) is 0 Å². The van der Waals surface area contributed by atoms with Gasteiger partial charge in [-0.1, -0.05) is 48.2 Å². The largest absolute Gasteiger partial charge is 0.287 e. The minimum atomic E-state index is -0.0966. The Bertz CT molecular complexity index is 854. The van der Waals surface area contributed by atoms with Gasteiger partial charge in [-0.25, -0.2) is 4.98 Å². The number of hydrogen-bond donors (Lipinski definition) is 0. The van der Waals surface area contributed by atoms with E-state index in [-0.39, 0.29) is 5.56 Å². The molecule has 3 nitrogen and oxygen atoms in total. The molecule has 4 heteroatoms. The standard InChI is InChI=1S/C17H14N2OS/c1-2-12-19-15-11-7-6-10-14(15)18-16(17(19)20)21-13-8-4-3-5-9-13/h2-12H,1H3. The fraction of sp³-hybridized carbons (Fsp3) is 0.0588. The Hall–Kier alpha value is -2.33. The van der Waals surface area contributed by atoms with Crippen LogP contribution < -0.4 is 5.56 Å². The van der Waals surface area contributed by atoms with Crippen molar-refractivity contribution in [2.75, 3.05) is 0 Å². The van der Waals surface area contributed by atoms with E-state index in [2.05, 4.69) is 4.98 Å². The summed E-state index contributed by atoms with van der Waals surface area (Å²) < 4.78 is 1.65. The third-order valence-electron chi connectivity index (χ3n) is 3.02.